The van der Waals surface area contributed by atoms with Gasteiger partial charge in [-0.05, 0) is 43.3 Å². The Morgan fingerprint density at radius 3 is 2.30 bits per heavy atom. The van der Waals surface area contributed by atoms with Crippen molar-refractivity contribution in [3.8, 4) is 11.8 Å². The number of esters is 1. The first-order valence-corrected chi connectivity index (χ1v) is 9.41. The SMILES string of the molecule is CCOc1ccccc1NC(=O)[C@@H](OC(=O)c1ccc(C#N)cc1)c1ccccc1. The lowest BCUT2D eigenvalue weighted by Gasteiger charge is -2.19. The number of carbonyl (C=O) groups excluding carboxylic acids is 2. The van der Waals surface area contributed by atoms with E-state index >= 15 is 0 Å². The Morgan fingerprint density at radius 1 is 0.967 bits per heavy atom. The van der Waals surface area contributed by atoms with Gasteiger partial charge in [-0.2, -0.15) is 5.26 Å². The van der Waals surface area contributed by atoms with E-state index in [1.165, 1.54) is 24.3 Å². The highest BCUT2D eigenvalue weighted by Crippen LogP contribution is 2.27. The molecule has 3 aromatic carbocycles. The number of ether oxygens (including phenoxy) is 2. The van der Waals surface area contributed by atoms with Crippen molar-refractivity contribution in [3.63, 3.8) is 0 Å². The van der Waals surface area contributed by atoms with Crippen LogP contribution in [0.25, 0.3) is 0 Å². The normalized spacial score (nSPS) is 11.1. The fourth-order valence-corrected chi connectivity index (χ4v) is 2.81. The Bertz CT molecular complexity index is 1060. The summed E-state index contributed by atoms with van der Waals surface area (Å²) in [6, 6.07) is 23.8. The molecule has 150 valence electrons. The molecular weight excluding hydrogens is 380 g/mol. The van der Waals surface area contributed by atoms with Crippen LogP contribution in [0.5, 0.6) is 5.75 Å². The molecule has 0 bridgehead atoms. The summed E-state index contributed by atoms with van der Waals surface area (Å²) in [6.07, 6.45) is -1.16. The number of nitrogens with one attached hydrogen (secondary N) is 1. The number of carbonyl (C=O) groups is 2. The maximum absolute atomic E-state index is 13.0. The van der Waals surface area contributed by atoms with Crippen molar-refractivity contribution < 1.29 is 19.1 Å². The largest absolute Gasteiger partial charge is 0.492 e. The summed E-state index contributed by atoms with van der Waals surface area (Å²) in [5.74, 6) is -0.643. The lowest BCUT2D eigenvalue weighted by Crippen LogP contribution is -2.26. The van der Waals surface area contributed by atoms with E-state index in [0.29, 0.717) is 29.2 Å². The van der Waals surface area contributed by atoms with Gasteiger partial charge in [0.1, 0.15) is 5.75 Å². The topological polar surface area (TPSA) is 88.4 Å². The Hall–Kier alpha value is -4.11. The van der Waals surface area contributed by atoms with E-state index in [1.807, 2.05) is 19.1 Å². The lowest BCUT2D eigenvalue weighted by molar-refractivity contribution is -0.125. The van der Waals surface area contributed by atoms with Crippen molar-refractivity contribution in [3.05, 3.63) is 95.6 Å². The lowest BCUT2D eigenvalue weighted by atomic mass is 10.1. The molecule has 0 saturated carbocycles. The predicted molar refractivity (Wildman–Crippen MR) is 112 cm³/mol. The van der Waals surface area contributed by atoms with Crippen LogP contribution in [0.1, 0.15) is 34.5 Å². The van der Waals surface area contributed by atoms with E-state index in [2.05, 4.69) is 5.32 Å². The molecule has 0 aromatic heterocycles. The van der Waals surface area contributed by atoms with E-state index in [-0.39, 0.29) is 5.56 Å². The number of rotatable bonds is 7. The standard InChI is InChI=1S/C24H20N2O4/c1-2-29-21-11-7-6-10-20(21)26-23(27)22(18-8-4-3-5-9-18)30-24(28)19-14-12-17(16-25)13-15-19/h3-15,22H,2H2,1H3,(H,26,27)/t22-/m0/s1. The molecule has 3 aromatic rings. The Kier molecular flexibility index (Phi) is 6.80. The molecule has 0 saturated heterocycles. The molecule has 0 aliphatic heterocycles. The number of hydrogen-bond acceptors (Lipinski definition) is 5. The third-order valence-electron chi connectivity index (χ3n) is 4.26. The minimum atomic E-state index is -1.16. The molecule has 0 aliphatic carbocycles. The van der Waals surface area contributed by atoms with E-state index in [9.17, 15) is 9.59 Å². The number of anilines is 1. The number of hydrogen-bond donors (Lipinski definition) is 1. The number of nitrogens with zero attached hydrogens (tertiary/aromatic N) is 1. The molecule has 0 spiro atoms. The second-order valence-corrected chi connectivity index (χ2v) is 6.30. The number of nitriles is 1. The van der Waals surface area contributed by atoms with Gasteiger partial charge in [-0.3, -0.25) is 4.79 Å². The van der Waals surface area contributed by atoms with Crippen LogP contribution >= 0.6 is 0 Å². The van der Waals surface area contributed by atoms with Gasteiger partial charge in [-0.1, -0.05) is 42.5 Å². The average Bonchev–Trinajstić information content (AvgIpc) is 2.79. The molecule has 30 heavy (non-hydrogen) atoms. The second kappa shape index (κ2) is 9.89. The van der Waals surface area contributed by atoms with Gasteiger partial charge in [0.15, 0.2) is 0 Å². The van der Waals surface area contributed by atoms with Gasteiger partial charge in [-0.25, -0.2) is 4.79 Å². The van der Waals surface area contributed by atoms with Crippen molar-refractivity contribution in [2.75, 3.05) is 11.9 Å². The summed E-state index contributed by atoms with van der Waals surface area (Å²) in [7, 11) is 0. The summed E-state index contributed by atoms with van der Waals surface area (Å²) in [4.78, 5) is 25.7. The molecule has 3 rings (SSSR count). The fourth-order valence-electron chi connectivity index (χ4n) is 2.81. The summed E-state index contributed by atoms with van der Waals surface area (Å²) < 4.78 is 11.1. The quantitative estimate of drug-likeness (QED) is 0.590. The zero-order valence-corrected chi connectivity index (χ0v) is 16.4. The van der Waals surface area contributed by atoms with E-state index in [0.717, 1.165) is 0 Å². The highest BCUT2D eigenvalue weighted by atomic mass is 16.5. The van der Waals surface area contributed by atoms with Crippen LogP contribution in [-0.2, 0) is 9.53 Å². The Labute approximate surface area is 174 Å². The van der Waals surface area contributed by atoms with Crippen molar-refractivity contribution in [2.45, 2.75) is 13.0 Å². The van der Waals surface area contributed by atoms with Crippen molar-refractivity contribution in [2.24, 2.45) is 0 Å². The molecule has 1 N–H and O–H groups in total. The van der Waals surface area contributed by atoms with Crippen molar-refractivity contribution in [1.29, 1.82) is 5.26 Å². The third kappa shape index (κ3) is 5.03. The van der Waals surface area contributed by atoms with Crippen molar-refractivity contribution >= 4 is 17.6 Å². The fraction of sp³-hybridized carbons (Fsp3) is 0.125. The molecule has 0 heterocycles. The van der Waals surface area contributed by atoms with Crippen LogP contribution < -0.4 is 10.1 Å². The van der Waals surface area contributed by atoms with Gasteiger partial charge < -0.3 is 14.8 Å². The summed E-state index contributed by atoms with van der Waals surface area (Å²) >= 11 is 0. The van der Waals surface area contributed by atoms with Gasteiger partial charge in [0.2, 0.25) is 6.10 Å². The molecule has 0 radical (unpaired) electrons. The summed E-state index contributed by atoms with van der Waals surface area (Å²) in [5, 5.41) is 11.7. The third-order valence-corrected chi connectivity index (χ3v) is 4.26. The number of benzene rings is 3. The maximum atomic E-state index is 13.0. The highest BCUT2D eigenvalue weighted by Gasteiger charge is 2.26. The molecule has 0 fully saturated rings. The Balaban J connectivity index is 1.85. The van der Waals surface area contributed by atoms with Crippen LogP contribution in [0.15, 0.2) is 78.9 Å². The van der Waals surface area contributed by atoms with E-state index in [1.54, 1.807) is 48.5 Å². The minimum absolute atomic E-state index is 0.248. The highest BCUT2D eigenvalue weighted by molar-refractivity contribution is 5.99. The molecule has 0 unspecified atom stereocenters. The zero-order chi connectivity index (χ0) is 21.3. The van der Waals surface area contributed by atoms with Gasteiger partial charge >= 0.3 is 5.97 Å². The van der Waals surface area contributed by atoms with Crippen LogP contribution in [0, 0.1) is 11.3 Å². The maximum Gasteiger partial charge on any atom is 0.339 e. The zero-order valence-electron chi connectivity index (χ0n) is 16.4. The molecule has 1 atom stereocenters. The minimum Gasteiger partial charge on any atom is -0.492 e. The first kappa shape index (κ1) is 20.6. The van der Waals surface area contributed by atoms with Crippen LogP contribution in [0.2, 0.25) is 0 Å². The van der Waals surface area contributed by atoms with E-state index < -0.39 is 18.0 Å². The molecule has 1 amide bonds. The molecule has 0 aliphatic rings. The van der Waals surface area contributed by atoms with Gasteiger partial charge in [0, 0.05) is 5.56 Å². The summed E-state index contributed by atoms with van der Waals surface area (Å²) in [6.45, 7) is 2.30. The van der Waals surface area contributed by atoms with E-state index in [4.69, 9.17) is 14.7 Å². The first-order valence-electron chi connectivity index (χ1n) is 9.41. The van der Waals surface area contributed by atoms with Crippen LogP contribution in [0.4, 0.5) is 5.69 Å². The smallest absolute Gasteiger partial charge is 0.339 e. The molecule has 6 heteroatoms. The molecule has 6 nitrogen and oxygen atoms in total. The van der Waals surface area contributed by atoms with Crippen molar-refractivity contribution in [1.82, 2.24) is 0 Å². The van der Waals surface area contributed by atoms with Crippen LogP contribution in [0.3, 0.4) is 0 Å². The predicted octanol–water partition coefficient (Wildman–Crippen LogP) is 4.49. The Morgan fingerprint density at radius 2 is 1.63 bits per heavy atom. The second-order valence-electron chi connectivity index (χ2n) is 6.30. The van der Waals surface area contributed by atoms with Crippen LogP contribution in [-0.4, -0.2) is 18.5 Å². The van der Waals surface area contributed by atoms with Gasteiger partial charge in [0.25, 0.3) is 5.91 Å². The molecular formula is C24H20N2O4. The summed E-state index contributed by atoms with van der Waals surface area (Å²) in [5.41, 5.74) is 1.69. The van der Waals surface area contributed by atoms with Gasteiger partial charge in [-0.15, -0.1) is 0 Å². The average molecular weight is 400 g/mol. The number of para-hydroxylation sites is 2. The first-order chi connectivity index (χ1) is 14.6. The monoisotopic (exact) mass is 400 g/mol. The number of amides is 1. The van der Waals surface area contributed by atoms with Gasteiger partial charge in [0.05, 0.1) is 29.5 Å².